The molecule has 1 N–H and O–H groups in total. The Labute approximate surface area is 142 Å². The highest BCUT2D eigenvalue weighted by molar-refractivity contribution is 5.93. The summed E-state index contributed by atoms with van der Waals surface area (Å²) >= 11 is 0. The predicted molar refractivity (Wildman–Crippen MR) is 93.2 cm³/mol. The quantitative estimate of drug-likeness (QED) is 0.707. The lowest BCUT2D eigenvalue weighted by Crippen LogP contribution is -2.20. The van der Waals surface area contributed by atoms with Crippen molar-refractivity contribution in [3.05, 3.63) is 70.5 Å². The summed E-state index contributed by atoms with van der Waals surface area (Å²) in [5.74, 6) is 0. The lowest BCUT2D eigenvalue weighted by Gasteiger charge is -2.15. The number of nitrogens with one attached hydrogen (secondary N) is 1. The van der Waals surface area contributed by atoms with Crippen LogP contribution in [0, 0.1) is 0 Å². The largest absolute Gasteiger partial charge is 0.416 e. The van der Waals surface area contributed by atoms with Crippen LogP contribution in [-0.2, 0) is 12.7 Å². The Bertz CT molecular complexity index is 961. The molecular formula is C19H17F3N2O. The molecule has 6 heteroatoms. The maximum atomic E-state index is 12.9. The van der Waals surface area contributed by atoms with Gasteiger partial charge in [0.15, 0.2) is 0 Å². The second kappa shape index (κ2) is 6.63. The molecule has 3 nitrogen and oxygen atoms in total. The summed E-state index contributed by atoms with van der Waals surface area (Å²) in [7, 11) is 0. The minimum Gasteiger partial charge on any atom is -0.355 e. The van der Waals surface area contributed by atoms with Crippen LogP contribution >= 0.6 is 0 Å². The second-order valence-electron chi connectivity index (χ2n) is 5.77. The number of rotatable bonds is 4. The van der Waals surface area contributed by atoms with Gasteiger partial charge in [-0.05, 0) is 30.7 Å². The van der Waals surface area contributed by atoms with Crippen LogP contribution < -0.4 is 10.9 Å². The monoisotopic (exact) mass is 346 g/mol. The summed E-state index contributed by atoms with van der Waals surface area (Å²) in [6, 6.07) is 13.7. The maximum Gasteiger partial charge on any atom is 0.416 e. The van der Waals surface area contributed by atoms with E-state index < -0.39 is 11.7 Å². The minimum absolute atomic E-state index is 0.185. The number of fused-ring (bicyclic) bond motifs is 1. The van der Waals surface area contributed by atoms with Crippen LogP contribution in [0.2, 0.25) is 0 Å². The predicted octanol–water partition coefficient (Wildman–Crippen LogP) is 5.17. The zero-order valence-corrected chi connectivity index (χ0v) is 13.6. The average Bonchev–Trinajstić information content (AvgIpc) is 2.58. The van der Waals surface area contributed by atoms with Gasteiger partial charge in [-0.1, -0.05) is 31.2 Å². The Morgan fingerprint density at radius 3 is 2.52 bits per heavy atom. The number of nitrogens with zero attached hydrogens (tertiary/aromatic N) is 1. The molecule has 130 valence electrons. The van der Waals surface area contributed by atoms with Crippen molar-refractivity contribution in [2.24, 2.45) is 0 Å². The van der Waals surface area contributed by atoms with E-state index in [9.17, 15) is 18.0 Å². The molecule has 0 saturated heterocycles. The zero-order chi connectivity index (χ0) is 18.0. The van der Waals surface area contributed by atoms with Gasteiger partial charge in [0.2, 0.25) is 0 Å². The fourth-order valence-electron chi connectivity index (χ4n) is 2.82. The van der Waals surface area contributed by atoms with Crippen molar-refractivity contribution in [2.75, 3.05) is 5.32 Å². The lowest BCUT2D eigenvalue weighted by atomic mass is 10.1. The van der Waals surface area contributed by atoms with E-state index in [4.69, 9.17) is 0 Å². The number of halogens is 3. The van der Waals surface area contributed by atoms with Crippen LogP contribution in [0.5, 0.6) is 0 Å². The van der Waals surface area contributed by atoms with Gasteiger partial charge in [0.05, 0.1) is 16.8 Å². The van der Waals surface area contributed by atoms with Crippen LogP contribution in [0.3, 0.4) is 0 Å². The first-order valence-corrected chi connectivity index (χ1v) is 7.97. The topological polar surface area (TPSA) is 34.0 Å². The van der Waals surface area contributed by atoms with Gasteiger partial charge in [-0.25, -0.2) is 0 Å². The first-order valence-electron chi connectivity index (χ1n) is 7.97. The summed E-state index contributed by atoms with van der Waals surface area (Å²) in [5, 5.41) is 3.74. The van der Waals surface area contributed by atoms with Gasteiger partial charge in [-0.2, -0.15) is 13.2 Å². The molecule has 0 spiro atoms. The van der Waals surface area contributed by atoms with E-state index in [2.05, 4.69) is 5.32 Å². The molecule has 0 amide bonds. The van der Waals surface area contributed by atoms with Gasteiger partial charge in [0.25, 0.3) is 5.56 Å². The van der Waals surface area contributed by atoms with E-state index in [1.807, 2.05) is 31.2 Å². The Kier molecular flexibility index (Phi) is 4.53. The fraction of sp³-hybridized carbons (Fsp3) is 0.211. The maximum absolute atomic E-state index is 12.9. The normalized spacial score (nSPS) is 11.7. The van der Waals surface area contributed by atoms with Crippen molar-refractivity contribution in [1.29, 1.82) is 0 Å². The Balaban J connectivity index is 2.09. The van der Waals surface area contributed by atoms with Crippen molar-refractivity contribution in [3.8, 4) is 0 Å². The SMILES string of the molecule is CCCn1c(=O)cc(Nc2cccc(C(F)(F)F)c2)c2ccccc21. The molecule has 0 saturated carbocycles. The smallest absolute Gasteiger partial charge is 0.355 e. The number of benzene rings is 2. The van der Waals surface area contributed by atoms with E-state index in [-0.39, 0.29) is 11.2 Å². The van der Waals surface area contributed by atoms with Crippen molar-refractivity contribution >= 4 is 22.3 Å². The molecule has 3 aromatic rings. The standard InChI is InChI=1S/C19H17F3N2O/c1-2-10-24-17-9-4-3-8-15(17)16(12-18(24)25)23-14-7-5-6-13(11-14)19(20,21)22/h3-9,11-12,23H,2,10H2,1H3. The van der Waals surface area contributed by atoms with E-state index in [0.717, 1.165) is 29.5 Å². The summed E-state index contributed by atoms with van der Waals surface area (Å²) in [4.78, 5) is 12.4. The number of pyridine rings is 1. The fourth-order valence-corrected chi connectivity index (χ4v) is 2.82. The number of hydrogen-bond donors (Lipinski definition) is 1. The van der Waals surface area contributed by atoms with Crippen LogP contribution in [0.4, 0.5) is 24.5 Å². The van der Waals surface area contributed by atoms with Crippen LogP contribution in [0.25, 0.3) is 10.9 Å². The molecule has 0 unspecified atom stereocenters. The number of aromatic nitrogens is 1. The highest BCUT2D eigenvalue weighted by Gasteiger charge is 2.30. The van der Waals surface area contributed by atoms with E-state index in [1.165, 1.54) is 12.1 Å². The molecule has 0 fully saturated rings. The molecular weight excluding hydrogens is 329 g/mol. The van der Waals surface area contributed by atoms with E-state index in [0.29, 0.717) is 12.2 Å². The molecule has 0 aliphatic carbocycles. The molecule has 1 heterocycles. The summed E-state index contributed by atoms with van der Waals surface area (Å²) in [5.41, 5.74) is 0.613. The number of alkyl halides is 3. The van der Waals surface area contributed by atoms with Crippen LogP contribution in [-0.4, -0.2) is 4.57 Å². The Morgan fingerprint density at radius 1 is 1.04 bits per heavy atom. The van der Waals surface area contributed by atoms with Crippen molar-refractivity contribution in [2.45, 2.75) is 26.1 Å². The van der Waals surface area contributed by atoms with Gasteiger partial charge >= 0.3 is 6.18 Å². The summed E-state index contributed by atoms with van der Waals surface area (Å²) < 4.78 is 40.3. The molecule has 2 aromatic carbocycles. The molecule has 25 heavy (non-hydrogen) atoms. The third-order valence-electron chi connectivity index (χ3n) is 3.93. The molecule has 0 radical (unpaired) electrons. The number of anilines is 2. The second-order valence-corrected chi connectivity index (χ2v) is 5.77. The highest BCUT2D eigenvalue weighted by Crippen LogP contribution is 2.32. The number of hydrogen-bond acceptors (Lipinski definition) is 2. The molecule has 0 bridgehead atoms. The van der Waals surface area contributed by atoms with Crippen molar-refractivity contribution < 1.29 is 13.2 Å². The van der Waals surface area contributed by atoms with E-state index in [1.54, 1.807) is 10.6 Å². The van der Waals surface area contributed by atoms with Gasteiger partial charge < -0.3 is 9.88 Å². The van der Waals surface area contributed by atoms with Crippen molar-refractivity contribution in [3.63, 3.8) is 0 Å². The van der Waals surface area contributed by atoms with Gasteiger partial charge in [0, 0.05) is 23.7 Å². The first kappa shape index (κ1) is 17.1. The Hall–Kier alpha value is -2.76. The minimum atomic E-state index is -4.41. The van der Waals surface area contributed by atoms with Crippen molar-refractivity contribution in [1.82, 2.24) is 4.57 Å². The molecule has 1 aromatic heterocycles. The Morgan fingerprint density at radius 2 is 1.80 bits per heavy atom. The number of para-hydroxylation sites is 1. The zero-order valence-electron chi connectivity index (χ0n) is 13.6. The molecule has 0 aliphatic rings. The molecule has 0 atom stereocenters. The van der Waals surface area contributed by atoms with Gasteiger partial charge in [-0.3, -0.25) is 4.79 Å². The van der Waals surface area contributed by atoms with E-state index >= 15 is 0 Å². The lowest BCUT2D eigenvalue weighted by molar-refractivity contribution is -0.137. The third-order valence-corrected chi connectivity index (χ3v) is 3.93. The molecule has 0 aliphatic heterocycles. The van der Waals surface area contributed by atoms with Crippen LogP contribution in [0.1, 0.15) is 18.9 Å². The van der Waals surface area contributed by atoms with Gasteiger partial charge in [-0.15, -0.1) is 0 Å². The highest BCUT2D eigenvalue weighted by atomic mass is 19.4. The number of aryl methyl sites for hydroxylation is 1. The van der Waals surface area contributed by atoms with Gasteiger partial charge in [0.1, 0.15) is 0 Å². The van der Waals surface area contributed by atoms with Crippen LogP contribution in [0.15, 0.2) is 59.4 Å². The first-order chi connectivity index (χ1) is 11.9. The summed E-state index contributed by atoms with van der Waals surface area (Å²) in [6.07, 6.45) is -3.60. The third kappa shape index (κ3) is 3.52. The summed E-state index contributed by atoms with van der Waals surface area (Å²) in [6.45, 7) is 2.57. The average molecular weight is 346 g/mol. The molecule has 3 rings (SSSR count).